The van der Waals surface area contributed by atoms with E-state index in [1.54, 1.807) is 109 Å². The first kappa shape index (κ1) is 47.8. The molecule has 0 amide bonds. The van der Waals surface area contributed by atoms with Gasteiger partial charge in [0, 0.05) is 21.1 Å². The Morgan fingerprint density at radius 1 is 0.218 bits per heavy atom. The van der Waals surface area contributed by atoms with Gasteiger partial charge in [-0.3, -0.25) is 0 Å². The van der Waals surface area contributed by atoms with Crippen LogP contribution in [0.3, 0.4) is 0 Å². The largest absolute Gasteiger partial charge is 0.545 e. The molecule has 0 unspecified atom stereocenters. The van der Waals surface area contributed by atoms with Gasteiger partial charge in [-0.05, 0) is 33.4 Å². The molecule has 0 saturated heterocycles. The predicted molar refractivity (Wildman–Crippen MR) is 185 cm³/mol. The summed E-state index contributed by atoms with van der Waals surface area (Å²) in [5.41, 5.74) is 1.32. The van der Waals surface area contributed by atoms with Crippen molar-refractivity contribution in [2.75, 3.05) is 0 Å². The number of aromatic carboxylic acids is 6. The van der Waals surface area contributed by atoms with E-state index >= 15 is 0 Å². The van der Waals surface area contributed by atoms with E-state index in [0.29, 0.717) is 0 Å². The van der Waals surface area contributed by atoms with Crippen LogP contribution in [0.2, 0.25) is 0 Å². The van der Waals surface area contributed by atoms with Gasteiger partial charge >= 0.3 is 0 Å². The van der Waals surface area contributed by atoms with Gasteiger partial charge in [-0.15, -0.1) is 0 Å². The molecule has 0 saturated carbocycles. The zero-order valence-electron chi connectivity index (χ0n) is 28.6. The Hall–Kier alpha value is -7.17. The van der Waals surface area contributed by atoms with E-state index in [9.17, 15) is 59.4 Å². The van der Waals surface area contributed by atoms with Gasteiger partial charge in [0.05, 0.1) is 35.8 Å². The number of hydrogen-bond donors (Lipinski definition) is 0. The molecule has 0 N–H and O–H groups in total. The summed E-state index contributed by atoms with van der Waals surface area (Å²) in [6, 6.07) is 48.4. The van der Waals surface area contributed by atoms with Gasteiger partial charge in [0.1, 0.15) is 0 Å². The van der Waals surface area contributed by atoms with Crippen molar-refractivity contribution >= 4 is 35.8 Å². The first-order valence-corrected chi connectivity index (χ1v) is 15.4. The van der Waals surface area contributed by atoms with Gasteiger partial charge < -0.3 is 59.4 Å². The van der Waals surface area contributed by atoms with Crippen LogP contribution in [0.4, 0.5) is 0 Å². The minimum Gasteiger partial charge on any atom is -0.545 e. The molecule has 12 nitrogen and oxygen atoms in total. The zero-order valence-corrected chi connectivity index (χ0v) is 30.6. The van der Waals surface area contributed by atoms with Crippen LogP contribution in [-0.4, -0.2) is 35.8 Å². The summed E-state index contributed by atoms with van der Waals surface area (Å²) in [6.45, 7) is 0. The molecule has 0 spiro atoms. The number of hydrogen-bond acceptors (Lipinski definition) is 12. The van der Waals surface area contributed by atoms with E-state index in [4.69, 9.17) is 0 Å². The molecule has 0 heterocycles. The Kier molecular flexibility index (Phi) is 24.7. The van der Waals surface area contributed by atoms with Gasteiger partial charge in [-0.25, -0.2) is 0 Å². The smallest absolute Gasteiger partial charge is 0.0715 e. The van der Waals surface area contributed by atoms with Crippen molar-refractivity contribution in [3.63, 3.8) is 0 Å². The topological polar surface area (TPSA) is 241 Å². The van der Waals surface area contributed by atoms with Gasteiger partial charge in [-0.1, -0.05) is 182 Å². The van der Waals surface area contributed by atoms with Crippen LogP contribution in [0, 0.1) is 0 Å². The summed E-state index contributed by atoms with van der Waals surface area (Å²) in [4.78, 5) is 60.5. The van der Waals surface area contributed by atoms with E-state index < -0.39 is 35.8 Å². The van der Waals surface area contributed by atoms with Gasteiger partial charge in [0.15, 0.2) is 0 Å². The van der Waals surface area contributed by atoms with E-state index in [-0.39, 0.29) is 54.4 Å². The summed E-state index contributed by atoms with van der Waals surface area (Å²) in [7, 11) is 0. The number of benzene rings is 6. The van der Waals surface area contributed by atoms with Crippen molar-refractivity contribution in [1.29, 1.82) is 0 Å². The molecule has 13 heteroatoms. The fraction of sp³-hybridized carbons (Fsp3) is 0. The van der Waals surface area contributed by atoms with E-state index in [0.717, 1.165) is 0 Å². The van der Waals surface area contributed by atoms with Crippen molar-refractivity contribution in [3.05, 3.63) is 215 Å². The van der Waals surface area contributed by atoms with Crippen LogP contribution in [0.5, 0.6) is 0 Å². The minimum absolute atomic E-state index is 0. The Morgan fingerprint density at radius 2 is 0.309 bits per heavy atom. The molecule has 6 aromatic carbocycles. The average molecular weight is 823 g/mol. The maximum atomic E-state index is 10.1. The van der Waals surface area contributed by atoms with E-state index in [2.05, 4.69) is 0 Å². The third-order valence-corrected chi connectivity index (χ3v) is 6.06. The van der Waals surface area contributed by atoms with Crippen LogP contribution < -0.4 is 30.6 Å². The minimum atomic E-state index is -1.13. The molecule has 0 bridgehead atoms. The number of carboxylic acid groups (broad SMARTS) is 6. The normalized spacial score (nSPS) is 8.73. The molecule has 0 aliphatic carbocycles. The Balaban J connectivity index is 0.000000634. The number of carboxylic acids is 6. The summed E-state index contributed by atoms with van der Waals surface area (Å²) >= 11 is 0. The Morgan fingerprint density at radius 3 is 0.364 bits per heavy atom. The third-order valence-electron chi connectivity index (χ3n) is 6.06. The fourth-order valence-corrected chi connectivity index (χ4v) is 3.45. The monoisotopic (exact) mass is 824 g/mol. The zero-order chi connectivity index (χ0) is 40.1. The number of carbonyl (C=O) groups is 6. The van der Waals surface area contributed by atoms with Crippen molar-refractivity contribution in [2.45, 2.75) is 0 Å². The molecular weight excluding hydrogens is 792 g/mol. The van der Waals surface area contributed by atoms with Crippen molar-refractivity contribution < 1.29 is 80.5 Å². The molecule has 0 atom stereocenters. The summed E-state index contributed by atoms with van der Waals surface area (Å²) in [5.74, 6) is -6.77. The predicted octanol–water partition coefficient (Wildman–Crippen LogP) is 0.298. The summed E-state index contributed by atoms with van der Waals surface area (Å²) in [5, 5.41) is 60.5. The Labute approximate surface area is 330 Å². The summed E-state index contributed by atoms with van der Waals surface area (Å²) < 4.78 is 0. The molecule has 0 aliphatic rings. The number of carbonyl (C=O) groups excluding carboxylic acids is 6. The second-order valence-electron chi connectivity index (χ2n) is 9.92. The van der Waals surface area contributed by atoms with Gasteiger partial charge in [0.25, 0.3) is 0 Å². The molecule has 55 heavy (non-hydrogen) atoms. The molecule has 0 aliphatic heterocycles. The maximum absolute atomic E-state index is 10.1. The van der Waals surface area contributed by atoms with E-state index in [1.165, 1.54) is 72.8 Å². The Bertz CT molecular complexity index is 1610. The first-order chi connectivity index (χ1) is 25.8. The van der Waals surface area contributed by atoms with Crippen LogP contribution in [0.25, 0.3) is 0 Å². The van der Waals surface area contributed by atoms with Gasteiger partial charge in [-0.2, -0.15) is 0 Å². The quantitative estimate of drug-likeness (QED) is 0.206. The molecule has 0 radical (unpaired) electrons. The van der Waals surface area contributed by atoms with Crippen LogP contribution >= 0.6 is 0 Å². The van der Waals surface area contributed by atoms with Crippen molar-refractivity contribution in [2.24, 2.45) is 0 Å². The first-order valence-electron chi connectivity index (χ1n) is 15.4. The molecule has 6 rings (SSSR count). The van der Waals surface area contributed by atoms with Crippen molar-refractivity contribution in [3.8, 4) is 0 Å². The molecular formula is C42H30MoO12-6. The SMILES string of the molecule is O=C([O-])c1ccccc1.O=C([O-])c1ccccc1.O=C([O-])c1ccccc1.O=C([O-])c1ccccc1.O=C([O-])c1ccccc1.O=C([O-])c1ccccc1.[Mo]. The molecule has 0 aromatic heterocycles. The second kappa shape index (κ2) is 28.4. The number of rotatable bonds is 6. The second-order valence-corrected chi connectivity index (χ2v) is 9.92. The van der Waals surface area contributed by atoms with Crippen LogP contribution in [0.1, 0.15) is 62.1 Å². The van der Waals surface area contributed by atoms with Crippen molar-refractivity contribution in [1.82, 2.24) is 0 Å². The molecule has 6 aromatic rings. The fourth-order valence-electron chi connectivity index (χ4n) is 3.45. The van der Waals surface area contributed by atoms with Crippen LogP contribution in [-0.2, 0) is 21.1 Å². The molecule has 282 valence electrons. The standard InChI is InChI=1S/6C7H6O2.Mo/c6*8-7(9)6-4-2-1-3-5-6;/h6*1-5H,(H,8,9);/p-6. The van der Waals surface area contributed by atoms with Gasteiger partial charge in [0.2, 0.25) is 0 Å². The summed E-state index contributed by atoms with van der Waals surface area (Å²) in [6.07, 6.45) is 0. The maximum Gasteiger partial charge on any atom is 0.0715 e. The van der Waals surface area contributed by atoms with E-state index in [1.807, 2.05) is 0 Å². The molecule has 0 fully saturated rings. The average Bonchev–Trinajstić information content (AvgIpc) is 3.21. The third kappa shape index (κ3) is 22.4. The van der Waals surface area contributed by atoms with Crippen LogP contribution in [0.15, 0.2) is 182 Å².